The zero-order valence-electron chi connectivity index (χ0n) is 10.7. The number of hydrogen-bond donors (Lipinski definition) is 2. The quantitative estimate of drug-likeness (QED) is 0.864. The van der Waals surface area contributed by atoms with Gasteiger partial charge in [-0.2, -0.15) is 16.9 Å². The van der Waals surface area contributed by atoms with E-state index in [2.05, 4.69) is 21.2 Å². The molecule has 0 spiro atoms. The van der Waals surface area contributed by atoms with Gasteiger partial charge in [-0.3, -0.25) is 5.10 Å². The second kappa shape index (κ2) is 5.22. The molecule has 1 aromatic rings. The van der Waals surface area contributed by atoms with Crippen molar-refractivity contribution >= 4 is 21.8 Å². The van der Waals surface area contributed by atoms with Gasteiger partial charge >= 0.3 is 0 Å². The number of thioether (sulfide) groups is 1. The Labute approximate surface area is 112 Å². The number of nitrogens with zero attached hydrogens (tertiary/aromatic N) is 1. The molecule has 0 amide bonds. The summed E-state index contributed by atoms with van der Waals surface area (Å²) in [7, 11) is -3.44. The Bertz CT molecular complexity index is 504. The first-order valence-electron chi connectivity index (χ1n) is 6.04. The van der Waals surface area contributed by atoms with E-state index in [9.17, 15) is 8.42 Å². The van der Waals surface area contributed by atoms with Crippen molar-refractivity contribution < 1.29 is 8.42 Å². The Morgan fingerprint density at radius 2 is 2.17 bits per heavy atom. The molecular weight excluding hydrogens is 270 g/mol. The molecule has 1 saturated carbocycles. The van der Waals surface area contributed by atoms with Crippen molar-refractivity contribution in [2.45, 2.75) is 42.2 Å². The van der Waals surface area contributed by atoms with Gasteiger partial charge < -0.3 is 0 Å². The minimum absolute atomic E-state index is 0.0741. The van der Waals surface area contributed by atoms with Crippen molar-refractivity contribution in [3.8, 4) is 0 Å². The maximum absolute atomic E-state index is 12.1. The molecule has 0 saturated heterocycles. The summed E-state index contributed by atoms with van der Waals surface area (Å²) in [6.07, 6.45) is 7.96. The number of sulfonamides is 1. The molecule has 0 radical (unpaired) electrons. The van der Waals surface area contributed by atoms with Crippen LogP contribution in [0.4, 0.5) is 0 Å². The van der Waals surface area contributed by atoms with Crippen LogP contribution in [0, 0.1) is 6.92 Å². The maximum atomic E-state index is 12.1. The summed E-state index contributed by atoms with van der Waals surface area (Å²) in [5.41, 5.74) is 0.576. The second-order valence-corrected chi connectivity index (χ2v) is 7.79. The van der Waals surface area contributed by atoms with Gasteiger partial charge in [-0.05, 0) is 26.0 Å². The van der Waals surface area contributed by atoms with Gasteiger partial charge in [0, 0.05) is 11.3 Å². The third-order valence-electron chi connectivity index (χ3n) is 3.61. The summed E-state index contributed by atoms with van der Waals surface area (Å²) in [5, 5.41) is 6.41. The van der Waals surface area contributed by atoms with Gasteiger partial charge in [0.25, 0.3) is 0 Å². The van der Waals surface area contributed by atoms with E-state index in [1.54, 1.807) is 18.7 Å². The number of aromatic nitrogens is 2. The van der Waals surface area contributed by atoms with Gasteiger partial charge in [0.15, 0.2) is 0 Å². The monoisotopic (exact) mass is 289 g/mol. The summed E-state index contributed by atoms with van der Waals surface area (Å²) in [6.45, 7) is 2.21. The molecule has 0 unspecified atom stereocenters. The van der Waals surface area contributed by atoms with E-state index in [0.29, 0.717) is 12.2 Å². The molecule has 7 heteroatoms. The highest BCUT2D eigenvalue weighted by Gasteiger charge is 2.34. The van der Waals surface area contributed by atoms with Crippen LogP contribution in [0.1, 0.15) is 31.4 Å². The van der Waals surface area contributed by atoms with Crippen LogP contribution < -0.4 is 4.72 Å². The highest BCUT2D eigenvalue weighted by atomic mass is 32.2. The highest BCUT2D eigenvalue weighted by molar-refractivity contribution is 8.00. The van der Waals surface area contributed by atoms with Crippen LogP contribution in [0.3, 0.4) is 0 Å². The molecule has 1 fully saturated rings. The third-order valence-corrected chi connectivity index (χ3v) is 6.54. The fourth-order valence-electron chi connectivity index (χ4n) is 2.39. The standard InChI is InChI=1S/C11H19N3O2S2/c1-9-10(7-12-14-9)18(15,16)13-8-11(17-2)5-3-4-6-11/h7,13H,3-6,8H2,1-2H3,(H,12,14). The van der Waals surface area contributed by atoms with E-state index < -0.39 is 10.0 Å². The predicted octanol–water partition coefficient (Wildman–Crippen LogP) is 1.67. The number of aromatic amines is 1. The Kier molecular flexibility index (Phi) is 4.03. The van der Waals surface area contributed by atoms with Crippen molar-refractivity contribution in [3.05, 3.63) is 11.9 Å². The normalized spacial score (nSPS) is 19.2. The van der Waals surface area contributed by atoms with Crippen molar-refractivity contribution in [2.75, 3.05) is 12.8 Å². The minimum atomic E-state index is -3.44. The highest BCUT2D eigenvalue weighted by Crippen LogP contribution is 2.39. The average Bonchev–Trinajstić information content (AvgIpc) is 2.96. The van der Waals surface area contributed by atoms with E-state index in [1.807, 2.05) is 0 Å². The minimum Gasteiger partial charge on any atom is -0.281 e. The molecule has 102 valence electrons. The Hall–Kier alpha value is -0.530. The summed E-state index contributed by atoms with van der Waals surface area (Å²) >= 11 is 1.77. The molecule has 1 aliphatic carbocycles. The van der Waals surface area contributed by atoms with Gasteiger partial charge in [0.2, 0.25) is 10.0 Å². The van der Waals surface area contributed by atoms with E-state index >= 15 is 0 Å². The van der Waals surface area contributed by atoms with Gasteiger partial charge in [0.05, 0.1) is 11.9 Å². The zero-order valence-corrected chi connectivity index (χ0v) is 12.3. The van der Waals surface area contributed by atoms with Crippen LogP contribution in [0.2, 0.25) is 0 Å². The topological polar surface area (TPSA) is 74.8 Å². The Morgan fingerprint density at radius 1 is 1.50 bits per heavy atom. The Balaban J connectivity index is 2.08. The summed E-state index contributed by atoms with van der Waals surface area (Å²) in [6, 6.07) is 0. The van der Waals surface area contributed by atoms with Crippen LogP contribution in [-0.2, 0) is 10.0 Å². The average molecular weight is 289 g/mol. The molecule has 1 heterocycles. The van der Waals surface area contributed by atoms with Crippen molar-refractivity contribution in [3.63, 3.8) is 0 Å². The lowest BCUT2D eigenvalue weighted by Crippen LogP contribution is -2.38. The molecule has 18 heavy (non-hydrogen) atoms. The first-order chi connectivity index (χ1) is 8.49. The molecule has 1 aliphatic rings. The number of hydrogen-bond acceptors (Lipinski definition) is 4. The molecular formula is C11H19N3O2S2. The molecule has 1 aromatic heterocycles. The van der Waals surface area contributed by atoms with E-state index in [-0.39, 0.29) is 9.64 Å². The lowest BCUT2D eigenvalue weighted by atomic mass is 10.1. The lowest BCUT2D eigenvalue weighted by molar-refractivity contribution is 0.551. The van der Waals surface area contributed by atoms with Gasteiger partial charge in [0.1, 0.15) is 4.90 Å². The van der Waals surface area contributed by atoms with Crippen molar-refractivity contribution in [1.29, 1.82) is 0 Å². The SMILES string of the molecule is CSC1(CNS(=O)(=O)c2cn[nH]c2C)CCCC1. The largest absolute Gasteiger partial charge is 0.281 e. The van der Waals surface area contributed by atoms with Crippen LogP contribution >= 0.6 is 11.8 Å². The summed E-state index contributed by atoms with van der Waals surface area (Å²) < 4.78 is 27.1. The van der Waals surface area contributed by atoms with Crippen LogP contribution in [0.25, 0.3) is 0 Å². The predicted molar refractivity (Wildman–Crippen MR) is 73.2 cm³/mol. The Morgan fingerprint density at radius 3 is 2.67 bits per heavy atom. The van der Waals surface area contributed by atoms with Gasteiger partial charge in [-0.1, -0.05) is 12.8 Å². The van der Waals surface area contributed by atoms with Crippen molar-refractivity contribution in [2.24, 2.45) is 0 Å². The van der Waals surface area contributed by atoms with Crippen LogP contribution in [0.15, 0.2) is 11.1 Å². The first kappa shape index (κ1) is 13.9. The number of nitrogens with one attached hydrogen (secondary N) is 2. The molecule has 0 aromatic carbocycles. The maximum Gasteiger partial charge on any atom is 0.243 e. The van der Waals surface area contributed by atoms with E-state index in [4.69, 9.17) is 0 Å². The fourth-order valence-corrected chi connectivity index (χ4v) is 4.65. The van der Waals surface area contributed by atoms with Crippen molar-refractivity contribution in [1.82, 2.24) is 14.9 Å². The van der Waals surface area contributed by atoms with Crippen LogP contribution in [0.5, 0.6) is 0 Å². The van der Waals surface area contributed by atoms with Crippen LogP contribution in [-0.4, -0.2) is 36.2 Å². The van der Waals surface area contributed by atoms with Gasteiger partial charge in [-0.25, -0.2) is 13.1 Å². The zero-order chi connectivity index (χ0) is 13.2. The number of aryl methyl sites for hydroxylation is 1. The second-order valence-electron chi connectivity index (χ2n) is 4.78. The van der Waals surface area contributed by atoms with E-state index in [0.717, 1.165) is 12.8 Å². The lowest BCUT2D eigenvalue weighted by Gasteiger charge is -2.26. The molecule has 0 atom stereocenters. The molecule has 5 nitrogen and oxygen atoms in total. The number of rotatable bonds is 5. The molecule has 0 aliphatic heterocycles. The number of H-pyrrole nitrogens is 1. The molecule has 2 rings (SSSR count). The third kappa shape index (κ3) is 2.73. The molecule has 0 bridgehead atoms. The van der Waals surface area contributed by atoms with E-state index in [1.165, 1.54) is 19.0 Å². The molecule has 2 N–H and O–H groups in total. The smallest absolute Gasteiger partial charge is 0.243 e. The summed E-state index contributed by atoms with van der Waals surface area (Å²) in [4.78, 5) is 0.247. The summed E-state index contributed by atoms with van der Waals surface area (Å²) in [5.74, 6) is 0. The fraction of sp³-hybridized carbons (Fsp3) is 0.727. The van der Waals surface area contributed by atoms with Gasteiger partial charge in [-0.15, -0.1) is 0 Å². The first-order valence-corrected chi connectivity index (χ1v) is 8.75.